The Balaban J connectivity index is 3.72. The summed E-state index contributed by atoms with van der Waals surface area (Å²) in [6.45, 7) is 3.44. The van der Waals surface area contributed by atoms with Gasteiger partial charge in [-0.25, -0.2) is 4.79 Å². The molecule has 0 heterocycles. The lowest BCUT2D eigenvalue weighted by atomic mass is 9.77. The highest BCUT2D eigenvalue weighted by molar-refractivity contribution is 5.95. The first kappa shape index (κ1) is 22.6. The number of Topliss-reactive ketones (excluding diaryl/α,β-unsaturated/α-hetero) is 1. The van der Waals surface area contributed by atoms with Crippen LogP contribution in [0.1, 0.15) is 44.2 Å². The standard InChI is InChI=1S/C18H21F3O6/c1-4-26-15(23)14(12-8-6-7-9-13(12)18(19,20)21)17(25,10-11(3)22)16(24)27-5-2/h6-9,14,25H,4-5,10H2,1-3H3/t14-,17-/m1/s1. The predicted octanol–water partition coefficient (Wildman–Crippen LogP) is 2.63. The molecule has 0 unspecified atom stereocenters. The van der Waals surface area contributed by atoms with Gasteiger partial charge in [0.05, 0.1) is 18.8 Å². The lowest BCUT2D eigenvalue weighted by Gasteiger charge is -2.33. The van der Waals surface area contributed by atoms with Crippen molar-refractivity contribution in [2.24, 2.45) is 0 Å². The Morgan fingerprint density at radius 3 is 2.11 bits per heavy atom. The average Bonchev–Trinajstić information content (AvgIpc) is 2.54. The number of ether oxygens (including phenoxy) is 2. The minimum absolute atomic E-state index is 0.206. The number of halogens is 3. The second kappa shape index (κ2) is 8.98. The lowest BCUT2D eigenvalue weighted by molar-refractivity contribution is -0.177. The molecule has 0 aliphatic carbocycles. The molecule has 0 radical (unpaired) electrons. The molecule has 1 N–H and O–H groups in total. The van der Waals surface area contributed by atoms with Crippen LogP contribution in [0.5, 0.6) is 0 Å². The number of benzene rings is 1. The van der Waals surface area contributed by atoms with Crippen molar-refractivity contribution in [1.29, 1.82) is 0 Å². The van der Waals surface area contributed by atoms with Gasteiger partial charge in [-0.2, -0.15) is 13.2 Å². The summed E-state index contributed by atoms with van der Waals surface area (Å²) in [5, 5.41) is 10.9. The highest BCUT2D eigenvalue weighted by atomic mass is 19.4. The first-order valence-electron chi connectivity index (χ1n) is 8.20. The zero-order chi connectivity index (χ0) is 20.8. The predicted molar refractivity (Wildman–Crippen MR) is 87.7 cm³/mol. The van der Waals surface area contributed by atoms with Gasteiger partial charge in [0.2, 0.25) is 0 Å². The van der Waals surface area contributed by atoms with Gasteiger partial charge in [0, 0.05) is 6.42 Å². The van der Waals surface area contributed by atoms with E-state index in [1.165, 1.54) is 19.9 Å². The van der Waals surface area contributed by atoms with Crippen molar-refractivity contribution >= 4 is 17.7 Å². The highest BCUT2D eigenvalue weighted by Crippen LogP contribution is 2.41. The largest absolute Gasteiger partial charge is 0.465 e. The molecule has 0 aromatic heterocycles. The SMILES string of the molecule is CCOC(=O)[C@@H](c1ccccc1C(F)(F)F)[C@](O)(CC(C)=O)C(=O)OCC. The van der Waals surface area contributed by atoms with Crippen LogP contribution < -0.4 is 0 Å². The molecule has 1 rings (SSSR count). The summed E-state index contributed by atoms with van der Waals surface area (Å²) in [6.07, 6.45) is -5.78. The van der Waals surface area contributed by atoms with E-state index >= 15 is 0 Å². The maximum absolute atomic E-state index is 13.4. The fourth-order valence-corrected chi connectivity index (χ4v) is 2.74. The number of alkyl halides is 3. The van der Waals surface area contributed by atoms with Crippen LogP contribution in [0, 0.1) is 0 Å². The average molecular weight is 390 g/mol. The van der Waals surface area contributed by atoms with E-state index in [4.69, 9.17) is 9.47 Å². The zero-order valence-corrected chi connectivity index (χ0v) is 15.1. The third-order valence-electron chi connectivity index (χ3n) is 3.72. The van der Waals surface area contributed by atoms with E-state index in [0.717, 1.165) is 19.1 Å². The fourth-order valence-electron chi connectivity index (χ4n) is 2.74. The first-order valence-corrected chi connectivity index (χ1v) is 8.20. The minimum atomic E-state index is -4.87. The van der Waals surface area contributed by atoms with Gasteiger partial charge in [0.15, 0.2) is 5.60 Å². The molecular formula is C18H21F3O6. The highest BCUT2D eigenvalue weighted by Gasteiger charge is 2.53. The quantitative estimate of drug-likeness (QED) is 0.687. The molecule has 0 bridgehead atoms. The molecule has 1 aromatic carbocycles. The van der Waals surface area contributed by atoms with Gasteiger partial charge in [0.1, 0.15) is 11.7 Å². The number of ketones is 1. The van der Waals surface area contributed by atoms with Crippen molar-refractivity contribution in [3.05, 3.63) is 35.4 Å². The van der Waals surface area contributed by atoms with Crippen LogP contribution in [0.4, 0.5) is 13.2 Å². The molecular weight excluding hydrogens is 369 g/mol. The first-order chi connectivity index (χ1) is 12.5. The topological polar surface area (TPSA) is 89.9 Å². The van der Waals surface area contributed by atoms with Crippen molar-refractivity contribution in [3.63, 3.8) is 0 Å². The van der Waals surface area contributed by atoms with Gasteiger partial charge in [-0.3, -0.25) is 9.59 Å². The molecule has 6 nitrogen and oxygen atoms in total. The smallest absolute Gasteiger partial charge is 0.416 e. The number of rotatable bonds is 8. The Hall–Kier alpha value is -2.42. The van der Waals surface area contributed by atoms with Crippen molar-refractivity contribution in [2.75, 3.05) is 13.2 Å². The van der Waals surface area contributed by atoms with Crippen LogP contribution in [0.3, 0.4) is 0 Å². The Morgan fingerprint density at radius 1 is 1.07 bits per heavy atom. The van der Waals surface area contributed by atoms with Crippen LogP contribution in [0.2, 0.25) is 0 Å². The molecule has 2 atom stereocenters. The monoisotopic (exact) mass is 390 g/mol. The number of hydrogen-bond acceptors (Lipinski definition) is 6. The molecule has 0 fully saturated rings. The summed E-state index contributed by atoms with van der Waals surface area (Å²) in [4.78, 5) is 36.5. The minimum Gasteiger partial charge on any atom is -0.465 e. The summed E-state index contributed by atoms with van der Waals surface area (Å²) < 4.78 is 49.9. The number of hydrogen-bond donors (Lipinski definition) is 1. The molecule has 0 saturated carbocycles. The maximum atomic E-state index is 13.4. The summed E-state index contributed by atoms with van der Waals surface area (Å²) in [6, 6.07) is 3.98. The van der Waals surface area contributed by atoms with Crippen molar-refractivity contribution < 1.29 is 42.1 Å². The molecule has 1 aromatic rings. The molecule has 9 heteroatoms. The maximum Gasteiger partial charge on any atom is 0.416 e. The summed E-state index contributed by atoms with van der Waals surface area (Å²) >= 11 is 0. The van der Waals surface area contributed by atoms with E-state index in [1.807, 2.05) is 0 Å². The third-order valence-corrected chi connectivity index (χ3v) is 3.72. The van der Waals surface area contributed by atoms with Crippen LogP contribution in [-0.4, -0.2) is 41.6 Å². The van der Waals surface area contributed by atoms with Gasteiger partial charge < -0.3 is 14.6 Å². The number of carbonyl (C=O) groups is 3. The van der Waals surface area contributed by atoms with Crippen molar-refractivity contribution in [3.8, 4) is 0 Å². The second-order valence-corrected chi connectivity index (χ2v) is 5.79. The second-order valence-electron chi connectivity index (χ2n) is 5.79. The normalized spacial score (nSPS) is 14.8. The van der Waals surface area contributed by atoms with E-state index < -0.39 is 53.0 Å². The third kappa shape index (κ3) is 5.29. The van der Waals surface area contributed by atoms with Crippen LogP contribution in [-0.2, 0) is 30.0 Å². The zero-order valence-electron chi connectivity index (χ0n) is 15.1. The summed E-state index contributed by atoms with van der Waals surface area (Å²) in [5.41, 5.74) is -4.76. The number of carbonyl (C=O) groups excluding carboxylic acids is 3. The molecule has 0 amide bonds. The van der Waals surface area contributed by atoms with Gasteiger partial charge in [-0.1, -0.05) is 18.2 Å². The van der Waals surface area contributed by atoms with E-state index in [-0.39, 0.29) is 13.2 Å². The van der Waals surface area contributed by atoms with Crippen LogP contribution >= 0.6 is 0 Å². The molecule has 150 valence electrons. The molecule has 0 aliphatic rings. The van der Waals surface area contributed by atoms with Crippen molar-refractivity contribution in [1.82, 2.24) is 0 Å². The number of aliphatic hydroxyl groups is 1. The number of esters is 2. The Kier molecular flexibility index (Phi) is 7.53. The van der Waals surface area contributed by atoms with E-state index in [1.54, 1.807) is 0 Å². The molecule has 0 aliphatic heterocycles. The summed E-state index contributed by atoms with van der Waals surface area (Å²) in [5.74, 6) is -5.47. The van der Waals surface area contributed by atoms with E-state index in [2.05, 4.69) is 0 Å². The van der Waals surface area contributed by atoms with E-state index in [9.17, 15) is 32.7 Å². The fraction of sp³-hybridized carbons (Fsp3) is 0.500. The Morgan fingerprint density at radius 2 is 1.63 bits per heavy atom. The van der Waals surface area contributed by atoms with Gasteiger partial charge in [-0.05, 0) is 32.4 Å². The van der Waals surface area contributed by atoms with Crippen LogP contribution in [0.15, 0.2) is 24.3 Å². The van der Waals surface area contributed by atoms with Gasteiger partial charge in [0.25, 0.3) is 0 Å². The molecule has 27 heavy (non-hydrogen) atoms. The van der Waals surface area contributed by atoms with Gasteiger partial charge >= 0.3 is 18.1 Å². The Labute approximate surface area is 154 Å². The van der Waals surface area contributed by atoms with Crippen LogP contribution in [0.25, 0.3) is 0 Å². The van der Waals surface area contributed by atoms with Gasteiger partial charge in [-0.15, -0.1) is 0 Å². The Bertz CT molecular complexity index is 701. The van der Waals surface area contributed by atoms with Crippen molar-refractivity contribution in [2.45, 2.75) is 44.9 Å². The summed E-state index contributed by atoms with van der Waals surface area (Å²) in [7, 11) is 0. The lowest BCUT2D eigenvalue weighted by Crippen LogP contribution is -2.51. The van der Waals surface area contributed by atoms with E-state index in [0.29, 0.717) is 6.07 Å². The molecule has 0 spiro atoms. The molecule has 0 saturated heterocycles.